The summed E-state index contributed by atoms with van der Waals surface area (Å²) in [7, 11) is 1.67. The van der Waals surface area contributed by atoms with Crippen molar-refractivity contribution in [1.82, 2.24) is 14.9 Å². The molecule has 5 rings (SSSR count). The van der Waals surface area contributed by atoms with Crippen molar-refractivity contribution in [1.29, 1.82) is 0 Å². The van der Waals surface area contributed by atoms with E-state index in [4.69, 9.17) is 9.47 Å². The maximum Gasteiger partial charge on any atom is 0.226 e. The highest BCUT2D eigenvalue weighted by atomic mass is 19.1. The summed E-state index contributed by atoms with van der Waals surface area (Å²) < 4.78 is 25.4. The fraction of sp³-hybridized carbons (Fsp3) is 0.593. The first-order chi connectivity index (χ1) is 17.1. The van der Waals surface area contributed by atoms with Crippen molar-refractivity contribution >= 4 is 11.9 Å². The summed E-state index contributed by atoms with van der Waals surface area (Å²) >= 11 is 0. The Labute approximate surface area is 206 Å². The summed E-state index contributed by atoms with van der Waals surface area (Å²) in [6.07, 6.45) is 9.54. The lowest BCUT2D eigenvalue weighted by atomic mass is 9.90. The van der Waals surface area contributed by atoms with Crippen LogP contribution in [0.2, 0.25) is 0 Å². The van der Waals surface area contributed by atoms with Gasteiger partial charge in [0.05, 0.1) is 19.6 Å². The molecule has 1 unspecified atom stereocenters. The lowest BCUT2D eigenvalue weighted by molar-refractivity contribution is -0.133. The number of ether oxygens (including phenoxy) is 2. The second-order valence-electron chi connectivity index (χ2n) is 10.1. The van der Waals surface area contributed by atoms with Crippen LogP contribution >= 0.6 is 0 Å². The molecule has 2 saturated heterocycles. The fourth-order valence-corrected chi connectivity index (χ4v) is 5.40. The van der Waals surface area contributed by atoms with E-state index in [1.54, 1.807) is 19.2 Å². The first-order valence-electron chi connectivity index (χ1n) is 12.8. The predicted molar refractivity (Wildman–Crippen MR) is 131 cm³/mol. The monoisotopic (exact) mass is 482 g/mol. The zero-order valence-electron chi connectivity index (χ0n) is 20.5. The SMILES string of the molecule is COCc1cnc(N2CCC(C3C[C@H]3CCOc3ccc(CC(=O)N4CCC4)cc3F)CC2)nc1. The number of methoxy groups -OCH3 is 1. The minimum Gasteiger partial charge on any atom is -0.491 e. The predicted octanol–water partition coefficient (Wildman–Crippen LogP) is 3.86. The topological polar surface area (TPSA) is 67.8 Å². The summed E-state index contributed by atoms with van der Waals surface area (Å²) in [5.41, 5.74) is 1.69. The van der Waals surface area contributed by atoms with Gasteiger partial charge in [-0.15, -0.1) is 0 Å². The third kappa shape index (κ3) is 5.92. The van der Waals surface area contributed by atoms with Crippen LogP contribution in [0.5, 0.6) is 5.75 Å². The molecule has 2 atom stereocenters. The first kappa shape index (κ1) is 24.0. The first-order valence-corrected chi connectivity index (χ1v) is 12.8. The number of halogens is 1. The normalized spacial score (nSPS) is 22.1. The minimum atomic E-state index is -0.379. The molecule has 1 aromatic carbocycles. The maximum atomic E-state index is 14.5. The summed E-state index contributed by atoms with van der Waals surface area (Å²) in [6.45, 7) is 4.69. The van der Waals surface area contributed by atoms with Crippen LogP contribution < -0.4 is 9.64 Å². The van der Waals surface area contributed by atoms with Gasteiger partial charge in [0.15, 0.2) is 11.6 Å². The largest absolute Gasteiger partial charge is 0.491 e. The minimum absolute atomic E-state index is 0.0717. The smallest absolute Gasteiger partial charge is 0.226 e. The maximum absolute atomic E-state index is 14.5. The van der Waals surface area contributed by atoms with Gasteiger partial charge in [-0.1, -0.05) is 6.07 Å². The molecule has 1 aromatic heterocycles. The molecule has 7 nitrogen and oxygen atoms in total. The summed E-state index contributed by atoms with van der Waals surface area (Å²) in [6, 6.07) is 4.91. The summed E-state index contributed by atoms with van der Waals surface area (Å²) in [4.78, 5) is 25.2. The second kappa shape index (κ2) is 10.9. The number of carbonyl (C=O) groups excluding carboxylic acids is 1. The van der Waals surface area contributed by atoms with Gasteiger partial charge in [-0.2, -0.15) is 0 Å². The van der Waals surface area contributed by atoms with E-state index < -0.39 is 0 Å². The molecular weight excluding hydrogens is 447 g/mol. The number of benzene rings is 1. The van der Waals surface area contributed by atoms with Crippen molar-refractivity contribution in [2.75, 3.05) is 44.8 Å². The van der Waals surface area contributed by atoms with Gasteiger partial charge in [-0.05, 0) is 67.6 Å². The number of anilines is 1. The van der Waals surface area contributed by atoms with E-state index in [1.165, 1.54) is 12.5 Å². The van der Waals surface area contributed by atoms with Crippen molar-refractivity contribution in [3.05, 3.63) is 47.5 Å². The Morgan fingerprint density at radius 1 is 1.11 bits per heavy atom. The van der Waals surface area contributed by atoms with Gasteiger partial charge in [0.25, 0.3) is 0 Å². The van der Waals surface area contributed by atoms with Crippen LogP contribution in [-0.4, -0.2) is 60.7 Å². The number of aromatic nitrogens is 2. The number of hydrogen-bond donors (Lipinski definition) is 0. The van der Waals surface area contributed by atoms with Gasteiger partial charge in [0.2, 0.25) is 11.9 Å². The van der Waals surface area contributed by atoms with Crippen LogP contribution in [-0.2, 0) is 22.6 Å². The Morgan fingerprint density at radius 3 is 2.54 bits per heavy atom. The number of carbonyl (C=O) groups is 1. The van der Waals surface area contributed by atoms with Crippen LogP contribution in [0.3, 0.4) is 0 Å². The molecule has 8 heteroatoms. The summed E-state index contributed by atoms with van der Waals surface area (Å²) in [5, 5.41) is 0. The molecule has 0 bridgehead atoms. The summed E-state index contributed by atoms with van der Waals surface area (Å²) in [5.74, 6) is 2.95. The Balaban J connectivity index is 1.01. The zero-order valence-corrected chi connectivity index (χ0v) is 20.5. The van der Waals surface area contributed by atoms with Crippen LogP contribution in [0.25, 0.3) is 0 Å². The van der Waals surface area contributed by atoms with Crippen LogP contribution in [0.4, 0.5) is 10.3 Å². The average Bonchev–Trinajstić information content (AvgIpc) is 3.60. The van der Waals surface area contributed by atoms with Crippen molar-refractivity contribution in [2.24, 2.45) is 17.8 Å². The Bertz CT molecular complexity index is 1010. The number of nitrogens with zero attached hydrogens (tertiary/aromatic N) is 4. The molecule has 3 aliphatic rings. The van der Waals surface area contributed by atoms with E-state index >= 15 is 0 Å². The van der Waals surface area contributed by atoms with Crippen LogP contribution in [0.15, 0.2) is 30.6 Å². The van der Waals surface area contributed by atoms with E-state index in [0.717, 1.165) is 75.2 Å². The van der Waals surface area contributed by atoms with Crippen molar-refractivity contribution in [3.8, 4) is 5.75 Å². The highest BCUT2D eigenvalue weighted by molar-refractivity contribution is 5.79. The molecule has 0 N–H and O–H groups in total. The van der Waals surface area contributed by atoms with E-state index in [1.807, 2.05) is 17.3 Å². The molecule has 0 radical (unpaired) electrons. The third-order valence-corrected chi connectivity index (χ3v) is 7.71. The number of likely N-dealkylation sites (tertiary alicyclic amines) is 1. The number of amides is 1. The second-order valence-corrected chi connectivity index (χ2v) is 10.1. The molecule has 0 spiro atoms. The Kier molecular flexibility index (Phi) is 7.46. The standard InChI is InChI=1S/C27H35FN4O3/c1-34-18-20-16-29-27(30-17-20)32-10-5-21(6-11-32)23-15-22(23)7-12-35-25-4-3-19(13-24(25)28)14-26(33)31-8-2-9-31/h3-4,13,16-17,21-23H,2,5-12,14-15,18H2,1H3/t22-,23?/m1/s1. The van der Waals surface area contributed by atoms with Gasteiger partial charge in [0.1, 0.15) is 0 Å². The fourth-order valence-electron chi connectivity index (χ4n) is 5.40. The van der Waals surface area contributed by atoms with Gasteiger partial charge < -0.3 is 19.3 Å². The lowest BCUT2D eigenvalue weighted by Gasteiger charge is -2.32. The van der Waals surface area contributed by atoms with Crippen LogP contribution in [0, 0.1) is 23.6 Å². The third-order valence-electron chi connectivity index (χ3n) is 7.71. The average molecular weight is 483 g/mol. The Morgan fingerprint density at radius 2 is 1.89 bits per heavy atom. The van der Waals surface area contributed by atoms with Crippen molar-refractivity contribution in [3.63, 3.8) is 0 Å². The molecule has 188 valence electrons. The van der Waals surface area contributed by atoms with E-state index in [0.29, 0.717) is 24.7 Å². The number of rotatable bonds is 10. The van der Waals surface area contributed by atoms with Crippen molar-refractivity contribution < 1.29 is 18.7 Å². The van der Waals surface area contributed by atoms with E-state index in [9.17, 15) is 9.18 Å². The number of hydrogen-bond acceptors (Lipinski definition) is 6. The Hall–Kier alpha value is -2.74. The highest BCUT2D eigenvalue weighted by Gasteiger charge is 2.43. The number of piperidine rings is 1. The zero-order chi connectivity index (χ0) is 24.2. The van der Waals surface area contributed by atoms with Gasteiger partial charge in [-0.25, -0.2) is 14.4 Å². The highest BCUT2D eigenvalue weighted by Crippen LogP contribution is 2.49. The molecule has 1 saturated carbocycles. The quantitative estimate of drug-likeness (QED) is 0.512. The molecule has 35 heavy (non-hydrogen) atoms. The van der Waals surface area contributed by atoms with E-state index in [-0.39, 0.29) is 23.9 Å². The van der Waals surface area contributed by atoms with E-state index in [2.05, 4.69) is 14.9 Å². The molecule has 2 aromatic rings. The molecular formula is C27H35FN4O3. The van der Waals surface area contributed by atoms with Crippen LogP contribution in [0.1, 0.15) is 43.2 Å². The van der Waals surface area contributed by atoms with Crippen molar-refractivity contribution in [2.45, 2.75) is 45.1 Å². The molecule has 1 amide bonds. The lowest BCUT2D eigenvalue weighted by Crippen LogP contribution is -2.42. The molecule has 3 heterocycles. The molecule has 3 fully saturated rings. The van der Waals surface area contributed by atoms with Gasteiger partial charge in [-0.3, -0.25) is 4.79 Å². The van der Waals surface area contributed by atoms with Gasteiger partial charge in [0, 0.05) is 51.2 Å². The molecule has 2 aliphatic heterocycles. The van der Waals surface area contributed by atoms with Gasteiger partial charge >= 0.3 is 0 Å². The molecule has 1 aliphatic carbocycles.